The topological polar surface area (TPSA) is 63.6 Å². The third-order valence-corrected chi connectivity index (χ3v) is 3.06. The molecule has 20 heavy (non-hydrogen) atoms. The van der Waals surface area contributed by atoms with Crippen molar-refractivity contribution in [1.82, 2.24) is 19.9 Å². The number of hydrogen-bond acceptors (Lipinski definition) is 5. The molecule has 0 aliphatic rings. The lowest BCUT2D eigenvalue weighted by Crippen LogP contribution is -2.03. The van der Waals surface area contributed by atoms with Crippen LogP contribution < -0.4 is 5.32 Å². The number of fused-ring (bicyclic) bond motifs is 1. The molecule has 1 N–H and O–H groups in total. The SMILES string of the molecule is Cc1nc(C)c2c(C)nc(Nc3ccccc3)nc2n1. The number of nitrogens with zero attached hydrogens (tertiary/aromatic N) is 4. The Morgan fingerprint density at radius 1 is 0.800 bits per heavy atom. The van der Waals surface area contributed by atoms with Gasteiger partial charge in [0.05, 0.1) is 16.8 Å². The van der Waals surface area contributed by atoms with Crippen molar-refractivity contribution in [2.24, 2.45) is 0 Å². The minimum Gasteiger partial charge on any atom is -0.324 e. The van der Waals surface area contributed by atoms with Gasteiger partial charge >= 0.3 is 0 Å². The van der Waals surface area contributed by atoms with Gasteiger partial charge in [0, 0.05) is 5.69 Å². The van der Waals surface area contributed by atoms with Crippen LogP contribution in [0.3, 0.4) is 0 Å². The summed E-state index contributed by atoms with van der Waals surface area (Å²) >= 11 is 0. The van der Waals surface area contributed by atoms with Gasteiger partial charge in [-0.3, -0.25) is 0 Å². The third-order valence-electron chi connectivity index (χ3n) is 3.06. The van der Waals surface area contributed by atoms with Gasteiger partial charge in [0.2, 0.25) is 5.95 Å². The first kappa shape index (κ1) is 12.5. The molecule has 0 radical (unpaired) electrons. The molecule has 0 fully saturated rings. The average molecular weight is 265 g/mol. The van der Waals surface area contributed by atoms with E-state index in [0.717, 1.165) is 28.3 Å². The lowest BCUT2D eigenvalue weighted by atomic mass is 10.2. The highest BCUT2D eigenvalue weighted by Crippen LogP contribution is 2.20. The fourth-order valence-corrected chi connectivity index (χ4v) is 2.25. The highest BCUT2D eigenvalue weighted by molar-refractivity contribution is 5.81. The third kappa shape index (κ3) is 2.30. The number of anilines is 2. The summed E-state index contributed by atoms with van der Waals surface area (Å²) in [6.45, 7) is 5.78. The number of aryl methyl sites for hydroxylation is 3. The van der Waals surface area contributed by atoms with E-state index in [1.807, 2.05) is 51.1 Å². The highest BCUT2D eigenvalue weighted by atomic mass is 15.1. The Hall–Kier alpha value is -2.56. The molecule has 2 aromatic heterocycles. The number of rotatable bonds is 2. The summed E-state index contributed by atoms with van der Waals surface area (Å²) < 4.78 is 0. The summed E-state index contributed by atoms with van der Waals surface area (Å²) in [5.74, 6) is 1.28. The van der Waals surface area contributed by atoms with Crippen LogP contribution in [0.1, 0.15) is 17.2 Å². The van der Waals surface area contributed by atoms with Gasteiger partial charge in [0.25, 0.3) is 0 Å². The molecule has 5 heteroatoms. The second-order valence-electron chi connectivity index (χ2n) is 4.68. The summed E-state index contributed by atoms with van der Waals surface area (Å²) in [4.78, 5) is 17.7. The Morgan fingerprint density at radius 3 is 2.25 bits per heavy atom. The Labute approximate surface area is 117 Å². The summed E-state index contributed by atoms with van der Waals surface area (Å²) in [5.41, 5.74) is 3.43. The number of para-hydroxylation sites is 1. The zero-order valence-electron chi connectivity index (χ0n) is 11.7. The smallest absolute Gasteiger partial charge is 0.229 e. The number of benzene rings is 1. The molecule has 5 nitrogen and oxygen atoms in total. The molecule has 3 aromatic rings. The van der Waals surface area contributed by atoms with Crippen LogP contribution in [0, 0.1) is 20.8 Å². The van der Waals surface area contributed by atoms with E-state index in [9.17, 15) is 0 Å². The largest absolute Gasteiger partial charge is 0.324 e. The van der Waals surface area contributed by atoms with Crippen LogP contribution in [0.5, 0.6) is 0 Å². The van der Waals surface area contributed by atoms with Crippen molar-refractivity contribution in [2.45, 2.75) is 20.8 Å². The van der Waals surface area contributed by atoms with Gasteiger partial charge in [-0.15, -0.1) is 0 Å². The molecule has 0 saturated carbocycles. The summed E-state index contributed by atoms with van der Waals surface area (Å²) in [7, 11) is 0. The van der Waals surface area contributed by atoms with E-state index in [4.69, 9.17) is 0 Å². The van der Waals surface area contributed by atoms with Crippen LogP contribution in [0.2, 0.25) is 0 Å². The molecule has 0 aliphatic carbocycles. The molecule has 0 saturated heterocycles. The van der Waals surface area contributed by atoms with Crippen molar-refractivity contribution in [3.8, 4) is 0 Å². The molecule has 0 spiro atoms. The zero-order valence-corrected chi connectivity index (χ0v) is 11.7. The maximum absolute atomic E-state index is 4.48. The van der Waals surface area contributed by atoms with Gasteiger partial charge in [-0.25, -0.2) is 15.0 Å². The number of nitrogens with one attached hydrogen (secondary N) is 1. The molecule has 100 valence electrons. The predicted molar refractivity (Wildman–Crippen MR) is 79.1 cm³/mol. The maximum Gasteiger partial charge on any atom is 0.229 e. The molecule has 0 amide bonds. The van der Waals surface area contributed by atoms with Gasteiger partial charge in [0.15, 0.2) is 5.65 Å². The first-order valence-electron chi connectivity index (χ1n) is 6.45. The van der Waals surface area contributed by atoms with Crippen molar-refractivity contribution in [3.05, 3.63) is 47.5 Å². The molecule has 0 bridgehead atoms. The van der Waals surface area contributed by atoms with E-state index in [0.29, 0.717) is 11.6 Å². The summed E-state index contributed by atoms with van der Waals surface area (Å²) in [6.07, 6.45) is 0. The Balaban J connectivity index is 2.10. The fraction of sp³-hybridized carbons (Fsp3) is 0.200. The van der Waals surface area contributed by atoms with Crippen LogP contribution in [-0.2, 0) is 0 Å². The molecule has 0 aliphatic heterocycles. The van der Waals surface area contributed by atoms with Gasteiger partial charge in [-0.05, 0) is 32.9 Å². The minimum absolute atomic E-state index is 0.554. The molecule has 0 unspecified atom stereocenters. The van der Waals surface area contributed by atoms with Crippen molar-refractivity contribution < 1.29 is 0 Å². The van der Waals surface area contributed by atoms with Crippen molar-refractivity contribution in [1.29, 1.82) is 0 Å². The van der Waals surface area contributed by atoms with Crippen LogP contribution >= 0.6 is 0 Å². The van der Waals surface area contributed by atoms with Gasteiger partial charge < -0.3 is 5.32 Å². The molecule has 3 rings (SSSR count). The fourth-order valence-electron chi connectivity index (χ4n) is 2.25. The standard InChI is InChI=1S/C15H15N5/c1-9-13-10(2)17-15(19-12-7-5-4-6-8-12)20-14(13)18-11(3)16-9/h4-8H,1-3H3,(H,16,17,18,19,20). The van der Waals surface area contributed by atoms with Crippen LogP contribution in [-0.4, -0.2) is 19.9 Å². The van der Waals surface area contributed by atoms with E-state index >= 15 is 0 Å². The first-order valence-corrected chi connectivity index (χ1v) is 6.45. The monoisotopic (exact) mass is 265 g/mol. The van der Waals surface area contributed by atoms with Gasteiger partial charge in [-0.1, -0.05) is 18.2 Å². The van der Waals surface area contributed by atoms with Crippen molar-refractivity contribution in [3.63, 3.8) is 0 Å². The van der Waals surface area contributed by atoms with Crippen molar-refractivity contribution >= 4 is 22.7 Å². The van der Waals surface area contributed by atoms with Crippen molar-refractivity contribution in [2.75, 3.05) is 5.32 Å². The Morgan fingerprint density at radius 2 is 1.50 bits per heavy atom. The number of hydrogen-bond donors (Lipinski definition) is 1. The number of aromatic nitrogens is 4. The maximum atomic E-state index is 4.48. The average Bonchev–Trinajstić information content (AvgIpc) is 2.38. The predicted octanol–water partition coefficient (Wildman–Crippen LogP) is 3.09. The Bertz CT molecular complexity index is 768. The van der Waals surface area contributed by atoms with E-state index in [1.54, 1.807) is 0 Å². The molecule has 2 heterocycles. The van der Waals surface area contributed by atoms with E-state index in [1.165, 1.54) is 0 Å². The van der Waals surface area contributed by atoms with E-state index in [2.05, 4.69) is 25.3 Å². The van der Waals surface area contributed by atoms with Gasteiger partial charge in [-0.2, -0.15) is 4.98 Å². The highest BCUT2D eigenvalue weighted by Gasteiger charge is 2.10. The molecular weight excluding hydrogens is 250 g/mol. The summed E-state index contributed by atoms with van der Waals surface area (Å²) in [5, 5.41) is 4.12. The van der Waals surface area contributed by atoms with Crippen LogP contribution in [0.15, 0.2) is 30.3 Å². The molecule has 0 atom stereocenters. The minimum atomic E-state index is 0.554. The quantitative estimate of drug-likeness (QED) is 0.771. The van der Waals surface area contributed by atoms with E-state index < -0.39 is 0 Å². The van der Waals surface area contributed by atoms with E-state index in [-0.39, 0.29) is 0 Å². The lowest BCUT2D eigenvalue weighted by Gasteiger charge is -2.09. The Kier molecular flexibility index (Phi) is 3.02. The molecular formula is C15H15N5. The second kappa shape index (κ2) is 4.85. The first-order chi connectivity index (χ1) is 9.63. The van der Waals surface area contributed by atoms with Gasteiger partial charge in [0.1, 0.15) is 5.82 Å². The van der Waals surface area contributed by atoms with Crippen LogP contribution in [0.4, 0.5) is 11.6 Å². The normalized spacial score (nSPS) is 10.8. The summed E-state index contributed by atoms with van der Waals surface area (Å²) in [6, 6.07) is 9.84. The second-order valence-corrected chi connectivity index (χ2v) is 4.68. The lowest BCUT2D eigenvalue weighted by molar-refractivity contribution is 1.01. The molecule has 1 aromatic carbocycles. The van der Waals surface area contributed by atoms with Crippen LogP contribution in [0.25, 0.3) is 11.0 Å². The zero-order chi connectivity index (χ0) is 14.1.